The average molecular weight is 371 g/mol. The average Bonchev–Trinajstić information content (AvgIpc) is 2.80. The first-order chi connectivity index (χ1) is 11.2. The van der Waals surface area contributed by atoms with E-state index < -0.39 is 46.0 Å². The molecule has 2 fully saturated rings. The second-order valence-electron chi connectivity index (χ2n) is 6.45. The number of amides is 2. The van der Waals surface area contributed by atoms with Crippen LogP contribution in [0.2, 0.25) is 0 Å². The molecule has 0 bridgehead atoms. The van der Waals surface area contributed by atoms with Crippen molar-refractivity contribution in [2.24, 2.45) is 5.73 Å². The first kappa shape index (κ1) is 20.3. The number of carboxylic acid groups (broad SMARTS) is 1. The third kappa shape index (κ3) is 3.46. The monoisotopic (exact) mass is 371 g/mol. The van der Waals surface area contributed by atoms with Gasteiger partial charge in [-0.1, -0.05) is 30.3 Å². The quantitative estimate of drug-likeness (QED) is 0.412. The maximum absolute atomic E-state index is 12.3. The van der Waals surface area contributed by atoms with Gasteiger partial charge < -0.3 is 25.9 Å². The van der Waals surface area contributed by atoms with E-state index >= 15 is 0 Å². The number of nitrogens with zero attached hydrogens (tertiary/aromatic N) is 1. The van der Waals surface area contributed by atoms with E-state index in [1.165, 1.54) is 16.7 Å². The van der Waals surface area contributed by atoms with Crippen molar-refractivity contribution in [3.63, 3.8) is 0 Å². The predicted octanol–water partition coefficient (Wildman–Crippen LogP) is -4.01. The van der Waals surface area contributed by atoms with Crippen LogP contribution in [0, 0.1) is 0 Å². The fourth-order valence-electron chi connectivity index (χ4n) is 3.18. The molecule has 2 aliphatic heterocycles. The van der Waals surface area contributed by atoms with Gasteiger partial charge in [-0.15, -0.1) is 11.8 Å². The molecule has 0 aliphatic carbocycles. The first-order valence-corrected chi connectivity index (χ1v) is 8.44. The normalized spacial score (nSPS) is 27.6. The molecule has 0 saturated carbocycles. The van der Waals surface area contributed by atoms with Gasteiger partial charge in [0.2, 0.25) is 11.8 Å². The Morgan fingerprint density at radius 3 is 2.48 bits per heavy atom. The summed E-state index contributed by atoms with van der Waals surface area (Å²) < 4.78 is -0.680. The number of nitrogens with one attached hydrogen (secondary N) is 1. The Morgan fingerprint density at radius 2 is 1.92 bits per heavy atom. The van der Waals surface area contributed by atoms with Gasteiger partial charge in [0.1, 0.15) is 17.5 Å². The van der Waals surface area contributed by atoms with Crippen molar-refractivity contribution in [1.29, 1.82) is 0 Å². The zero-order valence-corrected chi connectivity index (χ0v) is 17.1. The first-order valence-electron chi connectivity index (χ1n) is 7.56. The summed E-state index contributed by atoms with van der Waals surface area (Å²) in [4.78, 5) is 37.2. The van der Waals surface area contributed by atoms with E-state index in [1.807, 2.05) is 6.07 Å². The maximum Gasteiger partial charge on any atom is 1.00 e. The van der Waals surface area contributed by atoms with Gasteiger partial charge in [0, 0.05) is 4.75 Å². The molecular formula is C16H18N3NaO4S. The number of carbonyl (C=O) groups is 3. The van der Waals surface area contributed by atoms with Crippen LogP contribution in [-0.4, -0.2) is 44.9 Å². The van der Waals surface area contributed by atoms with Crippen molar-refractivity contribution in [3.05, 3.63) is 35.9 Å². The molecule has 2 amide bonds. The van der Waals surface area contributed by atoms with Crippen LogP contribution in [0.15, 0.2) is 30.3 Å². The second kappa shape index (κ2) is 7.28. The van der Waals surface area contributed by atoms with Gasteiger partial charge in [-0.05, 0) is 19.4 Å². The Hall–Kier alpha value is -1.06. The predicted molar refractivity (Wildman–Crippen MR) is 86.4 cm³/mol. The second-order valence-corrected chi connectivity index (χ2v) is 8.22. The zero-order chi connectivity index (χ0) is 17.6. The number of benzene rings is 1. The van der Waals surface area contributed by atoms with Crippen LogP contribution in [0.25, 0.3) is 0 Å². The molecule has 2 heterocycles. The molecule has 1 aromatic rings. The third-order valence-electron chi connectivity index (χ3n) is 4.40. The minimum Gasteiger partial charge on any atom is -0.548 e. The molecule has 1 aromatic carbocycles. The summed E-state index contributed by atoms with van der Waals surface area (Å²) in [6.07, 6.45) is 0. The summed E-state index contributed by atoms with van der Waals surface area (Å²) in [7, 11) is 0. The van der Waals surface area contributed by atoms with Crippen molar-refractivity contribution < 1.29 is 49.0 Å². The molecule has 7 nitrogen and oxygen atoms in total. The SMILES string of the molecule is CC1(C)S[C@@H]2[C@H](NC(=O)[C@@H](N)c3ccccc3)C(=O)N2[C@H]1C(=O)[O-].[Na+]. The van der Waals surface area contributed by atoms with E-state index in [1.54, 1.807) is 38.1 Å². The van der Waals surface area contributed by atoms with Crippen LogP contribution in [0.1, 0.15) is 25.5 Å². The largest absolute Gasteiger partial charge is 1.00 e. The molecule has 0 unspecified atom stereocenters. The molecule has 9 heteroatoms. The van der Waals surface area contributed by atoms with E-state index in [-0.39, 0.29) is 29.6 Å². The fraction of sp³-hybridized carbons (Fsp3) is 0.438. The molecular weight excluding hydrogens is 353 g/mol. The van der Waals surface area contributed by atoms with Gasteiger partial charge in [0.15, 0.2) is 0 Å². The van der Waals surface area contributed by atoms with Crippen LogP contribution in [-0.2, 0) is 14.4 Å². The van der Waals surface area contributed by atoms with Gasteiger partial charge in [0.25, 0.3) is 0 Å². The van der Waals surface area contributed by atoms with Crippen LogP contribution in [0.4, 0.5) is 0 Å². The summed E-state index contributed by atoms with van der Waals surface area (Å²) in [5, 5.41) is 13.6. The van der Waals surface area contributed by atoms with Gasteiger partial charge in [-0.2, -0.15) is 0 Å². The summed E-state index contributed by atoms with van der Waals surface area (Å²) in [6.45, 7) is 3.50. The van der Waals surface area contributed by atoms with Crippen LogP contribution < -0.4 is 45.7 Å². The number of aliphatic carboxylic acids is 1. The van der Waals surface area contributed by atoms with E-state index in [0.717, 1.165) is 0 Å². The summed E-state index contributed by atoms with van der Waals surface area (Å²) in [6, 6.07) is 6.19. The Balaban J connectivity index is 0.00000225. The van der Waals surface area contributed by atoms with Crippen LogP contribution in [0.5, 0.6) is 0 Å². The van der Waals surface area contributed by atoms with Gasteiger partial charge in [0.05, 0.1) is 12.0 Å². The number of carbonyl (C=O) groups excluding carboxylic acids is 3. The summed E-state index contributed by atoms with van der Waals surface area (Å²) in [5.74, 6) is -2.16. The Labute approximate surface area is 172 Å². The molecule has 0 radical (unpaired) electrons. The molecule has 3 N–H and O–H groups in total. The van der Waals surface area contributed by atoms with E-state index in [2.05, 4.69) is 5.32 Å². The fourth-order valence-corrected chi connectivity index (χ4v) is 4.80. The zero-order valence-electron chi connectivity index (χ0n) is 14.3. The topological polar surface area (TPSA) is 116 Å². The van der Waals surface area contributed by atoms with Gasteiger partial charge in [-0.3, -0.25) is 9.59 Å². The number of β-lactam (4-membered cyclic amide) rings is 1. The Morgan fingerprint density at radius 1 is 1.32 bits per heavy atom. The molecule has 3 rings (SSSR count). The number of rotatable bonds is 4. The number of hydrogen-bond donors (Lipinski definition) is 2. The standard InChI is InChI=1S/C16H19N3O4S.Na/c1-16(2)11(15(22)23)19-13(21)10(14(19)24-16)18-12(20)9(17)8-6-4-3-5-7-8;/h3-7,9-11,14H,17H2,1-2H3,(H,18,20)(H,22,23);/q;+1/p-1/t9-,10+,11-,14+;/m0./s1. The number of carboxylic acids is 1. The van der Waals surface area contributed by atoms with Crippen molar-refractivity contribution in [2.45, 2.75) is 42.1 Å². The Bertz CT molecular complexity index is 700. The summed E-state index contributed by atoms with van der Waals surface area (Å²) in [5.41, 5.74) is 6.57. The maximum atomic E-state index is 12.3. The molecule has 2 aliphatic rings. The molecule has 128 valence electrons. The number of nitrogens with two attached hydrogens (primary N) is 1. The van der Waals surface area contributed by atoms with Crippen molar-refractivity contribution in [2.75, 3.05) is 0 Å². The molecule has 0 aromatic heterocycles. The Kier molecular flexibility index (Phi) is 5.90. The molecule has 2 saturated heterocycles. The van der Waals surface area contributed by atoms with Gasteiger partial charge >= 0.3 is 29.6 Å². The van der Waals surface area contributed by atoms with Crippen LogP contribution in [0.3, 0.4) is 0 Å². The van der Waals surface area contributed by atoms with Gasteiger partial charge in [-0.25, -0.2) is 0 Å². The number of fused-ring (bicyclic) bond motifs is 1. The number of hydrogen-bond acceptors (Lipinski definition) is 6. The molecule has 0 spiro atoms. The van der Waals surface area contributed by atoms with E-state index in [9.17, 15) is 19.5 Å². The number of thioether (sulfide) groups is 1. The van der Waals surface area contributed by atoms with Crippen molar-refractivity contribution >= 4 is 29.5 Å². The molecule has 25 heavy (non-hydrogen) atoms. The minimum absolute atomic E-state index is 0. The molecule has 4 atom stereocenters. The third-order valence-corrected chi connectivity index (χ3v) is 5.97. The van der Waals surface area contributed by atoms with E-state index in [0.29, 0.717) is 5.56 Å². The minimum atomic E-state index is -1.28. The smallest absolute Gasteiger partial charge is 0.548 e. The van der Waals surface area contributed by atoms with Crippen LogP contribution >= 0.6 is 11.8 Å². The van der Waals surface area contributed by atoms with Crippen molar-refractivity contribution in [3.8, 4) is 0 Å². The summed E-state index contributed by atoms with van der Waals surface area (Å²) >= 11 is 1.34. The van der Waals surface area contributed by atoms with E-state index in [4.69, 9.17) is 5.73 Å². The van der Waals surface area contributed by atoms with Crippen molar-refractivity contribution in [1.82, 2.24) is 10.2 Å².